The van der Waals surface area contributed by atoms with E-state index in [4.69, 9.17) is 4.74 Å². The number of aromatic amines is 1. The fraction of sp³-hybridized carbons (Fsp3) is 0.611. The lowest BCUT2D eigenvalue weighted by Gasteiger charge is -2.50. The highest BCUT2D eigenvalue weighted by Gasteiger charge is 2.49. The highest BCUT2D eigenvalue weighted by atomic mass is 16.5. The van der Waals surface area contributed by atoms with E-state index in [2.05, 4.69) is 20.1 Å². The van der Waals surface area contributed by atoms with E-state index in [1.165, 1.54) is 13.4 Å². The first-order chi connectivity index (χ1) is 13.6. The van der Waals surface area contributed by atoms with E-state index in [1.807, 2.05) is 16.7 Å². The van der Waals surface area contributed by atoms with Crippen LogP contribution < -0.4 is 0 Å². The maximum Gasteiger partial charge on any atom is 0.249 e. The molecule has 1 atom stereocenters. The Morgan fingerprint density at radius 1 is 1.32 bits per heavy atom. The van der Waals surface area contributed by atoms with Crippen molar-refractivity contribution < 1.29 is 14.3 Å². The van der Waals surface area contributed by atoms with Gasteiger partial charge in [0.05, 0.1) is 17.6 Å². The number of fused-ring (bicyclic) bond motifs is 2. The van der Waals surface area contributed by atoms with E-state index < -0.39 is 11.6 Å². The third kappa shape index (κ3) is 2.97. The van der Waals surface area contributed by atoms with Crippen molar-refractivity contribution in [2.24, 2.45) is 0 Å². The van der Waals surface area contributed by atoms with Crippen LogP contribution in [0.3, 0.4) is 0 Å². The highest BCUT2D eigenvalue weighted by Crippen LogP contribution is 2.42. The molecule has 1 spiro atoms. The number of methoxy groups -OCH3 is 1. The van der Waals surface area contributed by atoms with E-state index in [0.29, 0.717) is 32.5 Å². The van der Waals surface area contributed by atoms with Crippen molar-refractivity contribution in [3.63, 3.8) is 0 Å². The van der Waals surface area contributed by atoms with Crippen LogP contribution in [-0.2, 0) is 26.3 Å². The minimum atomic E-state index is -0.490. The monoisotopic (exact) mass is 387 g/mol. The van der Waals surface area contributed by atoms with Crippen LogP contribution in [-0.4, -0.2) is 79.7 Å². The van der Waals surface area contributed by atoms with E-state index in [-0.39, 0.29) is 18.4 Å². The molecule has 1 fully saturated rings. The van der Waals surface area contributed by atoms with Crippen LogP contribution in [0.15, 0.2) is 19.0 Å². The number of H-pyrrole nitrogens is 1. The Morgan fingerprint density at radius 3 is 2.79 bits per heavy atom. The van der Waals surface area contributed by atoms with Gasteiger partial charge in [0.1, 0.15) is 25.3 Å². The number of likely N-dealkylation sites (tertiary alicyclic amines) is 1. The zero-order valence-electron chi connectivity index (χ0n) is 16.2. The van der Waals surface area contributed by atoms with Crippen molar-refractivity contribution in [2.75, 3.05) is 33.4 Å². The molecule has 0 bridgehead atoms. The lowest BCUT2D eigenvalue weighted by Crippen LogP contribution is -2.59. The van der Waals surface area contributed by atoms with Gasteiger partial charge in [-0.15, -0.1) is 0 Å². The molecule has 2 aromatic rings. The van der Waals surface area contributed by atoms with Crippen LogP contribution in [0.5, 0.6) is 0 Å². The number of imidazole rings is 1. The van der Waals surface area contributed by atoms with E-state index in [1.54, 1.807) is 17.3 Å². The Balaban J connectivity index is 1.55. The average Bonchev–Trinajstić information content (AvgIpc) is 3.40. The Labute approximate surface area is 162 Å². The van der Waals surface area contributed by atoms with Crippen molar-refractivity contribution in [2.45, 2.75) is 37.8 Å². The van der Waals surface area contributed by atoms with Crippen LogP contribution in [0.4, 0.5) is 0 Å². The molecule has 2 amide bonds. The number of carbonyl (C=O) groups is 2. The summed E-state index contributed by atoms with van der Waals surface area (Å²) in [5.74, 6) is -0.0277. The highest BCUT2D eigenvalue weighted by molar-refractivity contribution is 5.81. The number of aromatic nitrogens is 5. The summed E-state index contributed by atoms with van der Waals surface area (Å²) in [5.41, 5.74) is 1.52. The number of carbonyl (C=O) groups excluding carboxylic acids is 2. The van der Waals surface area contributed by atoms with Gasteiger partial charge >= 0.3 is 0 Å². The van der Waals surface area contributed by atoms with Gasteiger partial charge in [0.15, 0.2) is 0 Å². The first kappa shape index (κ1) is 18.6. The molecule has 4 heterocycles. The molecule has 0 unspecified atom stereocenters. The second-order valence-corrected chi connectivity index (χ2v) is 7.37. The molecule has 4 rings (SSSR count). The number of nitrogens with zero attached hydrogens (tertiary/aromatic N) is 6. The van der Waals surface area contributed by atoms with Crippen LogP contribution >= 0.6 is 0 Å². The van der Waals surface area contributed by atoms with Gasteiger partial charge in [-0.05, 0) is 19.8 Å². The van der Waals surface area contributed by atoms with Crippen molar-refractivity contribution in [3.05, 3.63) is 30.4 Å². The molecule has 0 aliphatic carbocycles. The summed E-state index contributed by atoms with van der Waals surface area (Å²) in [5, 5.41) is 4.07. The predicted molar refractivity (Wildman–Crippen MR) is 98.1 cm³/mol. The number of rotatable bonds is 4. The number of piperidine rings is 1. The van der Waals surface area contributed by atoms with Crippen LogP contribution in [0, 0.1) is 0 Å². The maximum absolute atomic E-state index is 12.9. The van der Waals surface area contributed by atoms with Gasteiger partial charge in [-0.1, -0.05) is 0 Å². The number of hydrogen-bond donors (Lipinski definition) is 1. The number of ether oxygens (including phenoxy) is 1. The normalized spacial score (nSPS) is 19.5. The molecule has 1 saturated heterocycles. The Morgan fingerprint density at radius 2 is 2.11 bits per heavy atom. The SMILES string of the molecule is COCC(=O)N1CCc2[nH]cnc2C12CCN(C(=O)[C@H](C)n1cncn1)CC2. The molecule has 0 radical (unpaired) electrons. The summed E-state index contributed by atoms with van der Waals surface area (Å²) in [6.45, 7) is 3.61. The minimum absolute atomic E-state index is 0.00757. The average molecular weight is 387 g/mol. The number of hydrogen-bond acceptors (Lipinski definition) is 6. The van der Waals surface area contributed by atoms with Gasteiger partial charge in [-0.25, -0.2) is 14.6 Å². The first-order valence-electron chi connectivity index (χ1n) is 9.52. The molecule has 10 nitrogen and oxygen atoms in total. The summed E-state index contributed by atoms with van der Waals surface area (Å²) in [7, 11) is 1.53. The molecule has 0 saturated carbocycles. The van der Waals surface area contributed by atoms with Crippen LogP contribution in [0.1, 0.15) is 37.2 Å². The zero-order valence-corrected chi connectivity index (χ0v) is 16.2. The van der Waals surface area contributed by atoms with Gasteiger partial charge in [0.2, 0.25) is 11.8 Å². The van der Waals surface area contributed by atoms with Gasteiger partial charge in [0.25, 0.3) is 0 Å². The van der Waals surface area contributed by atoms with Crippen molar-refractivity contribution >= 4 is 11.8 Å². The number of nitrogens with one attached hydrogen (secondary N) is 1. The standard InChI is InChI=1S/C18H25N7O3/c1-13(25-12-19-10-22-25)17(27)23-7-4-18(5-8-23)16-14(20-11-21-16)3-6-24(18)15(26)9-28-2/h10-13H,3-9H2,1-2H3,(H,20,21)/t13-/m0/s1. The molecule has 10 heteroatoms. The molecular weight excluding hydrogens is 362 g/mol. The van der Waals surface area contributed by atoms with Crippen LogP contribution in [0.2, 0.25) is 0 Å². The molecule has 150 valence electrons. The van der Waals surface area contributed by atoms with Gasteiger partial charge < -0.3 is 19.5 Å². The minimum Gasteiger partial charge on any atom is -0.375 e. The van der Waals surface area contributed by atoms with Crippen LogP contribution in [0.25, 0.3) is 0 Å². The van der Waals surface area contributed by atoms with Gasteiger partial charge in [-0.2, -0.15) is 5.10 Å². The summed E-state index contributed by atoms with van der Waals surface area (Å²) in [6.07, 6.45) is 6.72. The summed E-state index contributed by atoms with van der Waals surface area (Å²) in [4.78, 5) is 41.1. The molecule has 2 aliphatic rings. The summed E-state index contributed by atoms with van der Waals surface area (Å²) < 4.78 is 6.66. The lowest BCUT2D eigenvalue weighted by molar-refractivity contribution is -0.148. The second-order valence-electron chi connectivity index (χ2n) is 7.37. The molecule has 1 N–H and O–H groups in total. The van der Waals surface area contributed by atoms with E-state index >= 15 is 0 Å². The van der Waals surface area contributed by atoms with Gasteiger partial charge in [-0.3, -0.25) is 9.59 Å². The first-order valence-corrected chi connectivity index (χ1v) is 9.52. The second kappa shape index (κ2) is 7.34. The molecule has 28 heavy (non-hydrogen) atoms. The quantitative estimate of drug-likeness (QED) is 0.798. The van der Waals surface area contributed by atoms with E-state index in [9.17, 15) is 9.59 Å². The molecule has 2 aromatic heterocycles. The summed E-state index contributed by atoms with van der Waals surface area (Å²) >= 11 is 0. The predicted octanol–water partition coefficient (Wildman–Crippen LogP) is 0.111. The third-order valence-corrected chi connectivity index (χ3v) is 5.92. The fourth-order valence-electron chi connectivity index (χ4n) is 4.44. The molecular formula is C18H25N7O3. The van der Waals surface area contributed by atoms with E-state index in [0.717, 1.165) is 17.8 Å². The number of amides is 2. The molecule has 0 aromatic carbocycles. The van der Waals surface area contributed by atoms with Crippen molar-refractivity contribution in [1.82, 2.24) is 34.5 Å². The summed E-state index contributed by atoms with van der Waals surface area (Å²) in [6, 6.07) is -0.407. The van der Waals surface area contributed by atoms with Crippen molar-refractivity contribution in [3.8, 4) is 0 Å². The fourth-order valence-corrected chi connectivity index (χ4v) is 4.44. The lowest BCUT2D eigenvalue weighted by atomic mass is 9.78. The Bertz CT molecular complexity index is 839. The molecule has 2 aliphatic heterocycles. The Kier molecular flexibility index (Phi) is 4.88. The van der Waals surface area contributed by atoms with Gasteiger partial charge in [0, 0.05) is 38.9 Å². The maximum atomic E-state index is 12.9. The largest absolute Gasteiger partial charge is 0.375 e. The Hall–Kier alpha value is -2.75. The van der Waals surface area contributed by atoms with Crippen molar-refractivity contribution in [1.29, 1.82) is 0 Å². The topological polar surface area (TPSA) is 109 Å². The zero-order chi connectivity index (χ0) is 19.7. The smallest absolute Gasteiger partial charge is 0.249 e. The third-order valence-electron chi connectivity index (χ3n) is 5.92.